The molecule has 2 fully saturated rings. The summed E-state index contributed by atoms with van der Waals surface area (Å²) in [6, 6.07) is 13.7. The van der Waals surface area contributed by atoms with Crippen LogP contribution in [0.15, 0.2) is 68.1 Å². The highest BCUT2D eigenvalue weighted by Crippen LogP contribution is 2.35. The Morgan fingerprint density at radius 2 is 0.600 bits per heavy atom. The van der Waals surface area contributed by atoms with Gasteiger partial charge in [-0.1, -0.05) is 70.8 Å². The molecule has 2 heterocycles. The van der Waals surface area contributed by atoms with E-state index in [0.717, 1.165) is 22.3 Å². The zero-order valence-electron chi connectivity index (χ0n) is 40.2. The molecular formula is C49H68N4O8S4. The average Bonchev–Trinajstić information content (AvgIpc) is 3.16. The van der Waals surface area contributed by atoms with Gasteiger partial charge >= 0.3 is 0 Å². The molecule has 0 aliphatic carbocycles. The molecule has 4 aromatic carbocycles. The van der Waals surface area contributed by atoms with Gasteiger partial charge in [-0.15, -0.1) is 0 Å². The summed E-state index contributed by atoms with van der Waals surface area (Å²) in [6.07, 6.45) is 1.16. The smallest absolute Gasteiger partial charge is 0.207 e. The molecule has 0 amide bonds. The highest BCUT2D eigenvalue weighted by molar-refractivity contribution is 7.90. The Labute approximate surface area is 390 Å². The van der Waals surface area contributed by atoms with E-state index in [-0.39, 0.29) is 91.0 Å². The first-order valence-corrected chi connectivity index (χ1v) is 28.3. The Balaban J connectivity index is 1.32. The van der Waals surface area contributed by atoms with Crippen molar-refractivity contribution >= 4 is 40.1 Å². The maximum absolute atomic E-state index is 15.0. The standard InChI is InChI=1S/C49H68N4O8S4/c1-32-24-36(5)46(37(6)25-32)62(54,55)50-20-14-44(15-21-50)52(64(58,59)48-40(9)28-34(3)29-41(48)10)18-13-19-53(65(60,61)49-42(11)30-35(4)31-43(49)12)45-16-22-51(23-17-45)63(56,57)47-38(7)26-33(2)27-39(47)8/h24-31,44-45H,13-23H2,1-12H3. The van der Waals surface area contributed by atoms with E-state index < -0.39 is 52.2 Å². The van der Waals surface area contributed by atoms with Crippen molar-refractivity contribution < 1.29 is 33.7 Å². The summed E-state index contributed by atoms with van der Waals surface area (Å²) in [4.78, 5) is 0.960. The number of rotatable bonds is 14. The van der Waals surface area contributed by atoms with E-state index in [1.165, 1.54) is 17.2 Å². The molecule has 356 valence electrons. The normalized spacial score (nSPS) is 16.8. The third kappa shape index (κ3) is 10.2. The summed E-state index contributed by atoms with van der Waals surface area (Å²) in [5.41, 5.74) is 8.86. The van der Waals surface area contributed by atoms with Gasteiger partial charge in [0.15, 0.2) is 0 Å². The predicted octanol–water partition coefficient (Wildman–Crippen LogP) is 8.17. The lowest BCUT2D eigenvalue weighted by Crippen LogP contribution is -2.51. The summed E-state index contributed by atoms with van der Waals surface area (Å²) in [6.45, 7) is 22.4. The molecule has 0 atom stereocenters. The van der Waals surface area contributed by atoms with E-state index in [4.69, 9.17) is 0 Å². The summed E-state index contributed by atoms with van der Waals surface area (Å²) in [5.74, 6) is 0. The zero-order valence-corrected chi connectivity index (χ0v) is 43.5. The van der Waals surface area contributed by atoms with E-state index in [1.54, 1.807) is 55.4 Å². The Bertz CT molecular complexity index is 2640. The number of sulfonamides is 4. The predicted molar refractivity (Wildman–Crippen MR) is 259 cm³/mol. The van der Waals surface area contributed by atoms with E-state index in [9.17, 15) is 16.8 Å². The fourth-order valence-corrected chi connectivity index (χ4v) is 18.9. The summed E-state index contributed by atoms with van der Waals surface area (Å²) in [5, 5.41) is 0. The maximum Gasteiger partial charge on any atom is 0.243 e. The first-order valence-electron chi connectivity index (χ1n) is 22.5. The van der Waals surface area contributed by atoms with E-state index in [1.807, 2.05) is 76.2 Å². The Kier molecular flexibility index (Phi) is 15.1. The summed E-state index contributed by atoms with van der Waals surface area (Å²) < 4.78 is 122. The lowest BCUT2D eigenvalue weighted by Gasteiger charge is -2.39. The van der Waals surface area contributed by atoms with Crippen molar-refractivity contribution in [2.24, 2.45) is 0 Å². The number of benzene rings is 4. The lowest BCUT2D eigenvalue weighted by molar-refractivity contribution is 0.194. The van der Waals surface area contributed by atoms with E-state index in [0.29, 0.717) is 44.5 Å². The fourth-order valence-electron chi connectivity index (χ4n) is 10.9. The minimum atomic E-state index is -4.17. The molecule has 0 radical (unpaired) electrons. The quantitative estimate of drug-likeness (QED) is 0.123. The molecule has 0 unspecified atom stereocenters. The van der Waals surface area contributed by atoms with Crippen molar-refractivity contribution in [3.8, 4) is 0 Å². The molecule has 2 aliphatic heterocycles. The number of nitrogens with zero attached hydrogens (tertiary/aromatic N) is 4. The molecule has 0 aromatic heterocycles. The molecule has 0 spiro atoms. The van der Waals surface area contributed by atoms with Crippen LogP contribution in [-0.4, -0.2) is 102 Å². The molecule has 12 nitrogen and oxygen atoms in total. The van der Waals surface area contributed by atoms with Crippen LogP contribution in [0.1, 0.15) is 98.9 Å². The number of hydrogen-bond acceptors (Lipinski definition) is 8. The number of hydrogen-bond donors (Lipinski definition) is 0. The first kappa shape index (κ1) is 50.9. The average molecular weight is 969 g/mol. The van der Waals surface area contributed by atoms with Crippen LogP contribution in [0.5, 0.6) is 0 Å². The molecule has 4 aromatic rings. The Hall–Kier alpha value is -3.48. The molecule has 0 saturated carbocycles. The zero-order chi connectivity index (χ0) is 48.1. The van der Waals surface area contributed by atoms with Crippen LogP contribution < -0.4 is 0 Å². The molecule has 16 heteroatoms. The van der Waals surface area contributed by atoms with Gasteiger partial charge in [0.1, 0.15) is 0 Å². The number of aryl methyl sites for hydroxylation is 12. The van der Waals surface area contributed by atoms with Crippen LogP contribution >= 0.6 is 0 Å². The molecule has 65 heavy (non-hydrogen) atoms. The van der Waals surface area contributed by atoms with Crippen molar-refractivity contribution in [1.82, 2.24) is 17.2 Å². The van der Waals surface area contributed by atoms with Gasteiger partial charge in [-0.25, -0.2) is 33.7 Å². The molecule has 6 rings (SSSR count). The van der Waals surface area contributed by atoms with Crippen LogP contribution in [-0.2, 0) is 40.1 Å². The highest BCUT2D eigenvalue weighted by Gasteiger charge is 2.41. The fraction of sp³-hybridized carbons (Fsp3) is 0.510. The van der Waals surface area contributed by atoms with Crippen molar-refractivity contribution in [3.63, 3.8) is 0 Å². The number of piperidine rings is 2. The van der Waals surface area contributed by atoms with Crippen LogP contribution in [0, 0.1) is 83.1 Å². The monoisotopic (exact) mass is 968 g/mol. The van der Waals surface area contributed by atoms with E-state index in [2.05, 4.69) is 0 Å². The van der Waals surface area contributed by atoms with Crippen molar-refractivity contribution in [3.05, 3.63) is 115 Å². The SMILES string of the molecule is Cc1cc(C)c(S(=O)(=O)N2CCC(N(CCCN(C3CCN(S(=O)(=O)c4c(C)cc(C)cc4C)CC3)S(=O)(=O)c3c(C)cc(C)cc3C)S(=O)(=O)c3c(C)cc(C)cc3C)CC2)c(C)c1. The third-order valence-electron chi connectivity index (χ3n) is 13.2. The summed E-state index contributed by atoms with van der Waals surface area (Å²) >= 11 is 0. The van der Waals surface area contributed by atoms with Gasteiger partial charge in [0.05, 0.1) is 19.6 Å². The van der Waals surface area contributed by atoms with Gasteiger partial charge in [-0.2, -0.15) is 17.2 Å². The minimum absolute atomic E-state index is 0.0141. The molecule has 0 bridgehead atoms. The second-order valence-electron chi connectivity index (χ2n) is 18.8. The van der Waals surface area contributed by atoms with Gasteiger partial charge in [0.25, 0.3) is 0 Å². The van der Waals surface area contributed by atoms with Crippen LogP contribution in [0.2, 0.25) is 0 Å². The van der Waals surface area contributed by atoms with Gasteiger partial charge < -0.3 is 0 Å². The molecular weight excluding hydrogens is 901 g/mol. The Morgan fingerprint density at radius 1 is 0.385 bits per heavy atom. The molecule has 2 saturated heterocycles. The Morgan fingerprint density at radius 3 is 0.831 bits per heavy atom. The summed E-state index contributed by atoms with van der Waals surface area (Å²) in [7, 11) is -16.1. The van der Waals surface area contributed by atoms with Crippen molar-refractivity contribution in [2.75, 3.05) is 39.3 Å². The van der Waals surface area contributed by atoms with Crippen LogP contribution in [0.3, 0.4) is 0 Å². The van der Waals surface area contributed by atoms with Crippen LogP contribution in [0.4, 0.5) is 0 Å². The topological polar surface area (TPSA) is 150 Å². The van der Waals surface area contributed by atoms with Crippen molar-refractivity contribution in [2.45, 2.75) is 147 Å². The second-order valence-corrected chi connectivity index (χ2v) is 26.2. The third-order valence-corrected chi connectivity index (χ3v) is 22.1. The van der Waals surface area contributed by atoms with Gasteiger partial charge in [0.2, 0.25) is 40.1 Å². The second kappa shape index (κ2) is 19.3. The van der Waals surface area contributed by atoms with Gasteiger partial charge in [0, 0.05) is 51.4 Å². The lowest BCUT2D eigenvalue weighted by atomic mass is 10.1. The minimum Gasteiger partial charge on any atom is -0.207 e. The van der Waals surface area contributed by atoms with E-state index >= 15 is 16.8 Å². The highest BCUT2D eigenvalue weighted by atomic mass is 32.2. The molecule has 2 aliphatic rings. The van der Waals surface area contributed by atoms with Gasteiger partial charge in [-0.3, -0.25) is 0 Å². The molecule has 0 N–H and O–H groups in total. The first-order chi connectivity index (χ1) is 30.2. The van der Waals surface area contributed by atoms with Crippen molar-refractivity contribution in [1.29, 1.82) is 0 Å². The van der Waals surface area contributed by atoms with Gasteiger partial charge in [-0.05, 0) is 160 Å². The maximum atomic E-state index is 15.0. The van der Waals surface area contributed by atoms with Crippen LogP contribution in [0.25, 0.3) is 0 Å². The largest absolute Gasteiger partial charge is 0.243 e.